The summed E-state index contributed by atoms with van der Waals surface area (Å²) < 4.78 is 1.70. The van der Waals surface area contributed by atoms with Crippen molar-refractivity contribution in [2.75, 3.05) is 0 Å². The zero-order chi connectivity index (χ0) is 11.5. The summed E-state index contributed by atoms with van der Waals surface area (Å²) in [6.45, 7) is 2.64. The lowest BCUT2D eigenvalue weighted by molar-refractivity contribution is -0.121. The molecule has 0 aromatic carbocycles. The molecule has 1 aliphatic rings. The van der Waals surface area contributed by atoms with Gasteiger partial charge in [-0.2, -0.15) is 5.10 Å². The number of carbonyl (C=O) groups is 2. The third-order valence-corrected chi connectivity index (χ3v) is 3.12. The third kappa shape index (κ3) is 2.05. The Morgan fingerprint density at radius 1 is 1.62 bits per heavy atom. The molecule has 16 heavy (non-hydrogen) atoms. The molecule has 0 N–H and O–H groups in total. The number of aryl methyl sites for hydroxylation is 1. The lowest BCUT2D eigenvalue weighted by Gasteiger charge is -2.19. The molecule has 0 bridgehead atoms. The summed E-state index contributed by atoms with van der Waals surface area (Å²) in [7, 11) is 0. The van der Waals surface area contributed by atoms with E-state index in [1.165, 1.54) is 0 Å². The summed E-state index contributed by atoms with van der Waals surface area (Å²) in [6.07, 6.45) is 4.36. The van der Waals surface area contributed by atoms with Gasteiger partial charge >= 0.3 is 0 Å². The van der Waals surface area contributed by atoms with Crippen LogP contribution in [0.3, 0.4) is 0 Å². The summed E-state index contributed by atoms with van der Waals surface area (Å²) >= 11 is 0. The zero-order valence-corrected chi connectivity index (χ0v) is 9.48. The van der Waals surface area contributed by atoms with Crippen LogP contribution >= 0.6 is 0 Å². The summed E-state index contributed by atoms with van der Waals surface area (Å²) in [5, 5.41) is 4.08. The van der Waals surface area contributed by atoms with Crippen molar-refractivity contribution in [3.63, 3.8) is 0 Å². The van der Waals surface area contributed by atoms with Gasteiger partial charge in [0.1, 0.15) is 11.5 Å². The standard InChI is InChI=1S/C12H16N2O2/c1-2-14-11(6-7-13-14)12(16)9-4-3-5-10(15)8-9/h6-7,9H,2-5,8H2,1H3. The lowest BCUT2D eigenvalue weighted by Crippen LogP contribution is -2.25. The minimum Gasteiger partial charge on any atom is -0.300 e. The molecule has 1 unspecified atom stereocenters. The second-order valence-electron chi connectivity index (χ2n) is 4.23. The molecule has 1 aliphatic carbocycles. The van der Waals surface area contributed by atoms with Crippen LogP contribution in [0, 0.1) is 5.92 Å². The summed E-state index contributed by atoms with van der Waals surface area (Å²) in [4.78, 5) is 23.5. The first-order valence-corrected chi connectivity index (χ1v) is 5.80. The van der Waals surface area contributed by atoms with Gasteiger partial charge < -0.3 is 0 Å². The first-order valence-electron chi connectivity index (χ1n) is 5.80. The molecule has 4 nitrogen and oxygen atoms in total. The molecule has 0 saturated heterocycles. The molecule has 1 heterocycles. The van der Waals surface area contributed by atoms with Crippen molar-refractivity contribution in [1.82, 2.24) is 9.78 Å². The number of ketones is 2. The summed E-state index contributed by atoms with van der Waals surface area (Å²) in [5.74, 6) is 0.169. The number of carbonyl (C=O) groups excluding carboxylic acids is 2. The molecule has 2 rings (SSSR count). The molecule has 1 saturated carbocycles. The van der Waals surface area contributed by atoms with Gasteiger partial charge in [-0.25, -0.2) is 0 Å². The van der Waals surface area contributed by atoms with Crippen LogP contribution in [-0.2, 0) is 11.3 Å². The predicted molar refractivity (Wildman–Crippen MR) is 59.2 cm³/mol. The number of rotatable bonds is 3. The van der Waals surface area contributed by atoms with Crippen LogP contribution in [-0.4, -0.2) is 21.3 Å². The molecule has 1 atom stereocenters. The Kier molecular flexibility index (Phi) is 3.17. The largest absolute Gasteiger partial charge is 0.300 e. The van der Waals surface area contributed by atoms with Gasteiger partial charge in [0.05, 0.1) is 0 Å². The molecule has 0 spiro atoms. The first-order chi connectivity index (χ1) is 7.72. The van der Waals surface area contributed by atoms with Crippen LogP contribution in [0.4, 0.5) is 0 Å². The van der Waals surface area contributed by atoms with Gasteiger partial charge in [-0.1, -0.05) is 0 Å². The number of hydrogen-bond donors (Lipinski definition) is 0. The minimum absolute atomic E-state index is 0.0763. The number of Topliss-reactive ketones (excluding diaryl/α,β-unsaturated/α-hetero) is 2. The fourth-order valence-corrected chi connectivity index (χ4v) is 2.25. The molecule has 1 fully saturated rings. The highest BCUT2D eigenvalue weighted by Crippen LogP contribution is 2.24. The van der Waals surface area contributed by atoms with Crippen molar-refractivity contribution in [1.29, 1.82) is 0 Å². The first kappa shape index (κ1) is 11.0. The smallest absolute Gasteiger partial charge is 0.184 e. The van der Waals surface area contributed by atoms with Crippen molar-refractivity contribution in [3.05, 3.63) is 18.0 Å². The molecule has 0 radical (unpaired) electrons. The highest BCUT2D eigenvalue weighted by Gasteiger charge is 2.28. The SMILES string of the molecule is CCn1nccc1C(=O)C1CCCC(=O)C1. The van der Waals surface area contributed by atoms with E-state index in [0.29, 0.717) is 25.1 Å². The van der Waals surface area contributed by atoms with Crippen LogP contribution in [0.15, 0.2) is 12.3 Å². The van der Waals surface area contributed by atoms with Crippen LogP contribution in [0.5, 0.6) is 0 Å². The molecule has 0 amide bonds. The maximum absolute atomic E-state index is 12.2. The molecule has 1 aromatic rings. The van der Waals surface area contributed by atoms with Crippen LogP contribution in [0.1, 0.15) is 43.1 Å². The van der Waals surface area contributed by atoms with Gasteiger partial charge in [0.2, 0.25) is 0 Å². The second kappa shape index (κ2) is 4.60. The number of aromatic nitrogens is 2. The Morgan fingerprint density at radius 3 is 3.12 bits per heavy atom. The van der Waals surface area contributed by atoms with Gasteiger partial charge in [-0.05, 0) is 25.8 Å². The fourth-order valence-electron chi connectivity index (χ4n) is 2.25. The molecular weight excluding hydrogens is 204 g/mol. The average Bonchev–Trinajstić information content (AvgIpc) is 2.76. The lowest BCUT2D eigenvalue weighted by atomic mass is 9.84. The van der Waals surface area contributed by atoms with E-state index < -0.39 is 0 Å². The van der Waals surface area contributed by atoms with E-state index in [1.807, 2.05) is 6.92 Å². The van der Waals surface area contributed by atoms with Crippen molar-refractivity contribution in [2.24, 2.45) is 5.92 Å². The Labute approximate surface area is 94.6 Å². The van der Waals surface area contributed by atoms with E-state index in [1.54, 1.807) is 16.9 Å². The second-order valence-corrected chi connectivity index (χ2v) is 4.23. The molecule has 1 aromatic heterocycles. The maximum Gasteiger partial charge on any atom is 0.184 e. The predicted octanol–water partition coefficient (Wildman–Crippen LogP) is 1.84. The fraction of sp³-hybridized carbons (Fsp3) is 0.583. The Hall–Kier alpha value is -1.45. The van der Waals surface area contributed by atoms with Crippen LogP contribution < -0.4 is 0 Å². The van der Waals surface area contributed by atoms with E-state index >= 15 is 0 Å². The van der Waals surface area contributed by atoms with Gasteiger partial charge in [-0.15, -0.1) is 0 Å². The monoisotopic (exact) mass is 220 g/mol. The maximum atomic E-state index is 12.2. The van der Waals surface area contributed by atoms with Gasteiger partial charge in [0.15, 0.2) is 5.78 Å². The Bertz CT molecular complexity index is 409. The van der Waals surface area contributed by atoms with Gasteiger partial charge in [0.25, 0.3) is 0 Å². The van der Waals surface area contributed by atoms with E-state index in [-0.39, 0.29) is 17.5 Å². The van der Waals surface area contributed by atoms with Crippen molar-refractivity contribution in [2.45, 2.75) is 39.2 Å². The Morgan fingerprint density at radius 2 is 2.44 bits per heavy atom. The van der Waals surface area contributed by atoms with Crippen molar-refractivity contribution >= 4 is 11.6 Å². The normalized spacial score (nSPS) is 21.1. The van der Waals surface area contributed by atoms with Crippen LogP contribution in [0.2, 0.25) is 0 Å². The third-order valence-electron chi connectivity index (χ3n) is 3.12. The van der Waals surface area contributed by atoms with Gasteiger partial charge in [-0.3, -0.25) is 14.3 Å². The Balaban J connectivity index is 2.15. The highest BCUT2D eigenvalue weighted by molar-refractivity contribution is 5.99. The molecule has 0 aliphatic heterocycles. The van der Waals surface area contributed by atoms with Crippen molar-refractivity contribution < 1.29 is 9.59 Å². The topological polar surface area (TPSA) is 52.0 Å². The zero-order valence-electron chi connectivity index (χ0n) is 9.48. The minimum atomic E-state index is -0.122. The average molecular weight is 220 g/mol. The molecule has 4 heteroatoms. The van der Waals surface area contributed by atoms with Gasteiger partial charge in [0, 0.05) is 31.5 Å². The van der Waals surface area contributed by atoms with E-state index in [9.17, 15) is 9.59 Å². The highest BCUT2D eigenvalue weighted by atomic mass is 16.1. The van der Waals surface area contributed by atoms with Crippen molar-refractivity contribution in [3.8, 4) is 0 Å². The molecule has 86 valence electrons. The van der Waals surface area contributed by atoms with Crippen LogP contribution in [0.25, 0.3) is 0 Å². The number of hydrogen-bond acceptors (Lipinski definition) is 3. The quantitative estimate of drug-likeness (QED) is 0.730. The van der Waals surface area contributed by atoms with E-state index in [0.717, 1.165) is 12.8 Å². The number of nitrogens with zero attached hydrogens (tertiary/aromatic N) is 2. The van der Waals surface area contributed by atoms with E-state index in [2.05, 4.69) is 5.10 Å². The summed E-state index contributed by atoms with van der Waals surface area (Å²) in [6, 6.07) is 1.74. The van der Waals surface area contributed by atoms with E-state index in [4.69, 9.17) is 0 Å². The molecular formula is C12H16N2O2. The summed E-state index contributed by atoms with van der Waals surface area (Å²) in [5.41, 5.74) is 0.641.